The molecule has 0 spiro atoms. The third-order valence-electron chi connectivity index (χ3n) is 2.16. The molecule has 1 aromatic heterocycles. The Bertz CT molecular complexity index is 604. The van der Waals surface area contributed by atoms with Crippen molar-refractivity contribution in [3.05, 3.63) is 38.3 Å². The smallest absolute Gasteiger partial charge is 0.271 e. The first-order chi connectivity index (χ1) is 9.10. The summed E-state index contributed by atoms with van der Waals surface area (Å²) >= 11 is 7.25. The highest BCUT2D eigenvalue weighted by Gasteiger charge is 2.11. The predicted octanol–water partition coefficient (Wildman–Crippen LogP) is 2.72. The van der Waals surface area contributed by atoms with Gasteiger partial charge in [-0.25, -0.2) is 0 Å². The lowest BCUT2D eigenvalue weighted by Crippen LogP contribution is -1.96. The van der Waals surface area contributed by atoms with Crippen LogP contribution in [-0.4, -0.2) is 22.2 Å². The average molecular weight is 301 g/mol. The van der Waals surface area contributed by atoms with Gasteiger partial charge in [-0.15, -0.1) is 10.2 Å². The van der Waals surface area contributed by atoms with Gasteiger partial charge in [-0.3, -0.25) is 10.1 Å². The third-order valence-corrected chi connectivity index (χ3v) is 3.37. The number of nitrogens with one attached hydrogen (secondary N) is 1. The summed E-state index contributed by atoms with van der Waals surface area (Å²) in [6.07, 6.45) is 0. The summed E-state index contributed by atoms with van der Waals surface area (Å²) in [4.78, 5) is 10.0. The van der Waals surface area contributed by atoms with Gasteiger partial charge >= 0.3 is 0 Å². The van der Waals surface area contributed by atoms with Crippen molar-refractivity contribution in [2.45, 2.75) is 6.61 Å². The van der Waals surface area contributed by atoms with Crippen molar-refractivity contribution in [3.63, 3.8) is 0 Å². The molecule has 100 valence electrons. The number of nitro benzene ring substituents is 1. The monoisotopic (exact) mass is 300 g/mol. The van der Waals surface area contributed by atoms with Gasteiger partial charge < -0.3 is 10.1 Å². The zero-order chi connectivity index (χ0) is 13.8. The van der Waals surface area contributed by atoms with Gasteiger partial charge in [0.05, 0.1) is 9.95 Å². The van der Waals surface area contributed by atoms with Crippen LogP contribution in [-0.2, 0) is 6.61 Å². The quantitative estimate of drug-likeness (QED) is 0.674. The standard InChI is InChI=1S/C10H9ClN4O3S/c1-12-10-14-13-9(19-10)5-18-8-3-2-6(15(16)17)4-7(8)11/h2-4H,5H2,1H3,(H,12,14). The van der Waals surface area contributed by atoms with Crippen LogP contribution in [0.3, 0.4) is 0 Å². The second kappa shape index (κ2) is 5.81. The van der Waals surface area contributed by atoms with Gasteiger partial charge in [0.2, 0.25) is 5.13 Å². The van der Waals surface area contributed by atoms with Gasteiger partial charge in [-0.05, 0) is 6.07 Å². The van der Waals surface area contributed by atoms with E-state index in [1.165, 1.54) is 29.5 Å². The number of rotatable bonds is 5. The number of aromatic nitrogens is 2. The molecule has 2 aromatic rings. The Morgan fingerprint density at radius 2 is 2.32 bits per heavy atom. The van der Waals surface area contributed by atoms with E-state index < -0.39 is 4.92 Å². The summed E-state index contributed by atoms with van der Waals surface area (Å²) in [7, 11) is 1.75. The maximum absolute atomic E-state index is 10.6. The Morgan fingerprint density at radius 3 is 2.89 bits per heavy atom. The van der Waals surface area contributed by atoms with E-state index >= 15 is 0 Å². The molecule has 1 aromatic carbocycles. The molecule has 0 aliphatic heterocycles. The maximum atomic E-state index is 10.6. The number of nitrogens with zero attached hydrogens (tertiary/aromatic N) is 3. The van der Waals surface area contributed by atoms with Crippen molar-refractivity contribution in [2.75, 3.05) is 12.4 Å². The highest BCUT2D eigenvalue weighted by atomic mass is 35.5. The van der Waals surface area contributed by atoms with Crippen molar-refractivity contribution in [1.29, 1.82) is 0 Å². The van der Waals surface area contributed by atoms with Gasteiger partial charge in [0, 0.05) is 19.2 Å². The Hall–Kier alpha value is -1.93. The molecule has 0 fully saturated rings. The zero-order valence-corrected chi connectivity index (χ0v) is 11.4. The SMILES string of the molecule is CNc1nnc(COc2ccc([N+](=O)[O-])cc2Cl)s1. The number of benzene rings is 1. The molecule has 9 heteroatoms. The molecule has 0 aliphatic rings. The van der Waals surface area contributed by atoms with E-state index in [-0.39, 0.29) is 17.3 Å². The molecule has 1 N–H and O–H groups in total. The molecule has 0 saturated heterocycles. The summed E-state index contributed by atoms with van der Waals surface area (Å²) in [6.45, 7) is 0.205. The van der Waals surface area contributed by atoms with E-state index in [0.717, 1.165) is 0 Å². The third kappa shape index (κ3) is 3.30. The van der Waals surface area contributed by atoms with E-state index in [4.69, 9.17) is 16.3 Å². The first-order valence-corrected chi connectivity index (χ1v) is 6.36. The summed E-state index contributed by atoms with van der Waals surface area (Å²) in [5, 5.41) is 22.8. The molecular weight excluding hydrogens is 292 g/mol. The minimum absolute atomic E-state index is 0.0780. The number of hydrogen-bond acceptors (Lipinski definition) is 7. The molecule has 19 heavy (non-hydrogen) atoms. The van der Waals surface area contributed by atoms with Crippen LogP contribution in [0.4, 0.5) is 10.8 Å². The van der Waals surface area contributed by atoms with Crippen LogP contribution in [0.15, 0.2) is 18.2 Å². The molecular formula is C10H9ClN4O3S. The predicted molar refractivity (Wildman–Crippen MR) is 71.9 cm³/mol. The fraction of sp³-hybridized carbons (Fsp3) is 0.200. The lowest BCUT2D eigenvalue weighted by Gasteiger charge is -2.05. The van der Waals surface area contributed by atoms with E-state index in [9.17, 15) is 10.1 Å². The molecule has 2 rings (SSSR count). The summed E-state index contributed by atoms with van der Waals surface area (Å²) in [5.74, 6) is 0.369. The topological polar surface area (TPSA) is 90.2 Å². The van der Waals surface area contributed by atoms with Crippen LogP contribution >= 0.6 is 22.9 Å². The summed E-state index contributed by atoms with van der Waals surface area (Å²) < 4.78 is 5.44. The lowest BCUT2D eigenvalue weighted by molar-refractivity contribution is -0.384. The van der Waals surface area contributed by atoms with Gasteiger partial charge in [-0.1, -0.05) is 22.9 Å². The van der Waals surface area contributed by atoms with E-state index in [1.54, 1.807) is 7.05 Å². The maximum Gasteiger partial charge on any atom is 0.271 e. The molecule has 0 aliphatic carbocycles. The first-order valence-electron chi connectivity index (χ1n) is 5.17. The van der Waals surface area contributed by atoms with Gasteiger partial charge in [0.15, 0.2) is 5.01 Å². The Balaban J connectivity index is 2.05. The van der Waals surface area contributed by atoms with E-state index in [2.05, 4.69) is 15.5 Å². The van der Waals surface area contributed by atoms with Crippen molar-refractivity contribution in [2.24, 2.45) is 0 Å². The Morgan fingerprint density at radius 1 is 1.53 bits per heavy atom. The van der Waals surface area contributed by atoms with Gasteiger partial charge in [-0.2, -0.15) is 0 Å². The summed E-state index contributed by atoms with van der Waals surface area (Å²) in [5.41, 5.74) is -0.0780. The van der Waals surface area contributed by atoms with Crippen LogP contribution in [0, 0.1) is 10.1 Å². The fourth-order valence-electron chi connectivity index (χ4n) is 1.27. The van der Waals surface area contributed by atoms with E-state index in [0.29, 0.717) is 15.9 Å². The zero-order valence-electron chi connectivity index (χ0n) is 9.79. The second-order valence-corrected chi connectivity index (χ2v) is 4.88. The van der Waals surface area contributed by atoms with Crippen molar-refractivity contribution >= 4 is 33.8 Å². The van der Waals surface area contributed by atoms with Crippen LogP contribution in [0.2, 0.25) is 5.02 Å². The minimum Gasteiger partial charge on any atom is -0.485 e. The number of halogens is 1. The Kier molecular flexibility index (Phi) is 4.13. The lowest BCUT2D eigenvalue weighted by atomic mass is 10.3. The van der Waals surface area contributed by atoms with Crippen molar-refractivity contribution < 1.29 is 9.66 Å². The normalized spacial score (nSPS) is 10.2. The van der Waals surface area contributed by atoms with Gasteiger partial charge in [0.25, 0.3) is 5.69 Å². The fourth-order valence-corrected chi connectivity index (χ4v) is 2.11. The Labute approximate surface area is 117 Å². The highest BCUT2D eigenvalue weighted by Crippen LogP contribution is 2.29. The van der Waals surface area contributed by atoms with Crippen molar-refractivity contribution in [1.82, 2.24) is 10.2 Å². The van der Waals surface area contributed by atoms with Crippen molar-refractivity contribution in [3.8, 4) is 5.75 Å². The van der Waals surface area contributed by atoms with Crippen LogP contribution in [0.1, 0.15) is 5.01 Å². The molecule has 0 unspecified atom stereocenters. The molecule has 0 saturated carbocycles. The molecule has 0 atom stereocenters. The number of ether oxygens (including phenoxy) is 1. The molecule has 0 radical (unpaired) electrons. The number of non-ortho nitro benzene ring substituents is 1. The molecule has 0 bridgehead atoms. The highest BCUT2D eigenvalue weighted by molar-refractivity contribution is 7.15. The van der Waals surface area contributed by atoms with Gasteiger partial charge in [0.1, 0.15) is 12.4 Å². The van der Waals surface area contributed by atoms with Crippen LogP contribution in [0.5, 0.6) is 5.75 Å². The summed E-state index contributed by atoms with van der Waals surface area (Å²) in [6, 6.07) is 4.04. The number of anilines is 1. The first kappa shape index (κ1) is 13.5. The van der Waals surface area contributed by atoms with Crippen LogP contribution < -0.4 is 10.1 Å². The van der Waals surface area contributed by atoms with E-state index in [1.807, 2.05) is 0 Å². The number of hydrogen-bond donors (Lipinski definition) is 1. The molecule has 0 amide bonds. The number of nitro groups is 1. The molecule has 7 nitrogen and oxygen atoms in total. The average Bonchev–Trinajstić information content (AvgIpc) is 2.85. The molecule has 1 heterocycles. The largest absolute Gasteiger partial charge is 0.485 e. The second-order valence-electron chi connectivity index (χ2n) is 3.41. The minimum atomic E-state index is -0.514. The van der Waals surface area contributed by atoms with Crippen LogP contribution in [0.25, 0.3) is 0 Å².